The second kappa shape index (κ2) is 8.71. The quantitative estimate of drug-likeness (QED) is 0.374. The van der Waals surface area contributed by atoms with Crippen molar-refractivity contribution in [1.82, 2.24) is 0 Å². The fourth-order valence-corrected chi connectivity index (χ4v) is 3.53. The number of hydrogen-bond acceptors (Lipinski definition) is 5. The fourth-order valence-electron chi connectivity index (χ4n) is 3.08. The molecule has 0 amide bonds. The van der Waals surface area contributed by atoms with Crippen LogP contribution in [0.2, 0.25) is 0 Å². The van der Waals surface area contributed by atoms with E-state index in [4.69, 9.17) is 14.2 Å². The molecule has 1 fully saturated rings. The summed E-state index contributed by atoms with van der Waals surface area (Å²) in [6, 6.07) is 15.1. The van der Waals surface area contributed by atoms with Crippen molar-refractivity contribution in [3.63, 3.8) is 0 Å². The Labute approximate surface area is 178 Å². The highest BCUT2D eigenvalue weighted by atomic mass is 79.9. The molecule has 1 saturated heterocycles. The molecule has 0 aliphatic carbocycles. The predicted octanol–water partition coefficient (Wildman–Crippen LogP) is 4.59. The van der Waals surface area contributed by atoms with Crippen molar-refractivity contribution >= 4 is 27.9 Å². The van der Waals surface area contributed by atoms with E-state index in [9.17, 15) is 9.59 Å². The monoisotopic (exact) mass is 456 g/mol. The zero-order valence-electron chi connectivity index (χ0n) is 16.4. The zero-order valence-corrected chi connectivity index (χ0v) is 18.0. The van der Waals surface area contributed by atoms with E-state index >= 15 is 0 Å². The molecule has 1 heterocycles. The third kappa shape index (κ3) is 5.18. The molecule has 0 spiro atoms. The Balaban J connectivity index is 1.75. The first-order valence-electron chi connectivity index (χ1n) is 9.14. The molecule has 2 aromatic carbocycles. The molecule has 6 heteroatoms. The van der Waals surface area contributed by atoms with Gasteiger partial charge in [-0.25, -0.2) is 0 Å². The van der Waals surface area contributed by atoms with Crippen LogP contribution in [0, 0.1) is 17.8 Å². The van der Waals surface area contributed by atoms with E-state index in [1.54, 1.807) is 31.2 Å². The van der Waals surface area contributed by atoms with Gasteiger partial charge in [-0.3, -0.25) is 9.59 Å². The zero-order chi connectivity index (χ0) is 21.0. The maximum absolute atomic E-state index is 12.4. The lowest BCUT2D eigenvalue weighted by Crippen LogP contribution is -2.48. The number of cyclic esters (lactones) is 2. The molecule has 0 saturated carbocycles. The summed E-state index contributed by atoms with van der Waals surface area (Å²) in [6.45, 7) is 5.13. The highest BCUT2D eigenvalue weighted by Gasteiger charge is 2.47. The third-order valence-electron chi connectivity index (χ3n) is 4.37. The van der Waals surface area contributed by atoms with Crippen molar-refractivity contribution in [1.29, 1.82) is 0 Å². The molecule has 0 aromatic heterocycles. The van der Waals surface area contributed by atoms with Gasteiger partial charge in [0.05, 0.1) is 5.92 Å². The second-order valence-electron chi connectivity index (χ2n) is 7.08. The Kier molecular flexibility index (Phi) is 6.29. The van der Waals surface area contributed by atoms with Crippen LogP contribution in [0.4, 0.5) is 0 Å². The largest absolute Gasteiger partial charge is 0.489 e. The van der Waals surface area contributed by atoms with Crippen LogP contribution in [-0.2, 0) is 25.7 Å². The van der Waals surface area contributed by atoms with Crippen molar-refractivity contribution in [3.8, 4) is 17.6 Å². The summed E-state index contributed by atoms with van der Waals surface area (Å²) in [5.74, 6) is 2.10. The van der Waals surface area contributed by atoms with E-state index in [1.165, 1.54) is 13.8 Å². The Morgan fingerprint density at radius 1 is 1.10 bits per heavy atom. The van der Waals surface area contributed by atoms with Gasteiger partial charge >= 0.3 is 11.9 Å². The highest BCUT2D eigenvalue weighted by molar-refractivity contribution is 9.10. The molecule has 1 atom stereocenters. The minimum absolute atomic E-state index is 0.424. The summed E-state index contributed by atoms with van der Waals surface area (Å²) in [5, 5.41) is 0. The molecular formula is C23H21BrO5. The number of carbonyl (C=O) groups excluding carboxylic acids is 2. The van der Waals surface area contributed by atoms with Gasteiger partial charge in [0.25, 0.3) is 5.79 Å². The smallest absolute Gasteiger partial charge is 0.325 e. The summed E-state index contributed by atoms with van der Waals surface area (Å²) < 4.78 is 17.3. The predicted molar refractivity (Wildman–Crippen MR) is 111 cm³/mol. The number of ether oxygens (including phenoxy) is 3. The number of hydrogen-bond donors (Lipinski definition) is 0. The molecule has 3 rings (SSSR count). The number of rotatable bonds is 5. The number of benzene rings is 2. The topological polar surface area (TPSA) is 61.8 Å². The Hall–Kier alpha value is -2.78. The van der Waals surface area contributed by atoms with Crippen LogP contribution in [0.3, 0.4) is 0 Å². The molecule has 5 nitrogen and oxygen atoms in total. The second-order valence-corrected chi connectivity index (χ2v) is 8.00. The van der Waals surface area contributed by atoms with E-state index in [0.29, 0.717) is 17.9 Å². The van der Waals surface area contributed by atoms with E-state index < -0.39 is 29.6 Å². The van der Waals surface area contributed by atoms with Crippen molar-refractivity contribution in [3.05, 3.63) is 64.1 Å². The van der Waals surface area contributed by atoms with E-state index in [-0.39, 0.29) is 0 Å². The van der Waals surface area contributed by atoms with Gasteiger partial charge in [0.15, 0.2) is 5.92 Å². The Morgan fingerprint density at radius 3 is 2.34 bits per heavy atom. The standard InChI is InChI=1S/C23H21BrO5/c1-4-6-19(20-21(25)28-23(2,3)29-22(20)26)16-9-11-18(12-10-16)27-14-15-7-5-8-17(24)13-15/h5,7-13,19-20H,14H2,1-3H3/t19-/m1/s1. The number of carbonyl (C=O) groups is 2. The lowest BCUT2D eigenvalue weighted by molar-refractivity contribution is -0.240. The minimum Gasteiger partial charge on any atom is -0.489 e. The molecule has 150 valence electrons. The van der Waals surface area contributed by atoms with Gasteiger partial charge in [0.2, 0.25) is 0 Å². The normalized spacial score (nSPS) is 16.8. The Morgan fingerprint density at radius 2 is 1.76 bits per heavy atom. The van der Waals surface area contributed by atoms with E-state index in [2.05, 4.69) is 27.8 Å². The first-order chi connectivity index (χ1) is 13.8. The third-order valence-corrected chi connectivity index (χ3v) is 4.86. The molecule has 0 N–H and O–H groups in total. The van der Waals surface area contributed by atoms with Gasteiger partial charge in [-0.05, 0) is 42.3 Å². The first kappa shape index (κ1) is 20.9. The van der Waals surface area contributed by atoms with Crippen LogP contribution in [0.1, 0.15) is 37.8 Å². The summed E-state index contributed by atoms with van der Waals surface area (Å²) >= 11 is 3.44. The molecular weight excluding hydrogens is 436 g/mol. The van der Waals surface area contributed by atoms with E-state index in [1.807, 2.05) is 24.3 Å². The lowest BCUT2D eigenvalue weighted by Gasteiger charge is -2.34. The molecule has 29 heavy (non-hydrogen) atoms. The summed E-state index contributed by atoms with van der Waals surface area (Å²) in [7, 11) is 0. The fraction of sp³-hybridized carbons (Fsp3) is 0.304. The van der Waals surface area contributed by atoms with Crippen LogP contribution in [0.25, 0.3) is 0 Å². The van der Waals surface area contributed by atoms with Crippen molar-refractivity contribution in [2.24, 2.45) is 5.92 Å². The van der Waals surface area contributed by atoms with Gasteiger partial charge in [-0.1, -0.05) is 46.1 Å². The summed E-state index contributed by atoms with van der Waals surface area (Å²) in [5.41, 5.74) is 1.75. The SMILES string of the molecule is CC#C[C@H](c1ccc(OCc2cccc(Br)c2)cc1)C1C(=O)OC(C)(C)OC1=O. The van der Waals surface area contributed by atoms with Crippen LogP contribution >= 0.6 is 15.9 Å². The van der Waals surface area contributed by atoms with E-state index in [0.717, 1.165) is 10.0 Å². The minimum atomic E-state index is -1.26. The Bertz CT molecular complexity index is 949. The van der Waals surface area contributed by atoms with Gasteiger partial charge in [0.1, 0.15) is 12.4 Å². The van der Waals surface area contributed by atoms with Gasteiger partial charge < -0.3 is 14.2 Å². The van der Waals surface area contributed by atoms with Gasteiger partial charge in [-0.15, -0.1) is 5.92 Å². The summed E-state index contributed by atoms with van der Waals surface area (Å²) in [4.78, 5) is 24.9. The highest BCUT2D eigenvalue weighted by Crippen LogP contribution is 2.34. The first-order valence-corrected chi connectivity index (χ1v) is 9.93. The maximum atomic E-state index is 12.4. The molecule has 1 aliphatic heterocycles. The lowest BCUT2D eigenvalue weighted by atomic mass is 9.85. The van der Waals surface area contributed by atoms with Crippen LogP contribution < -0.4 is 4.74 Å². The van der Waals surface area contributed by atoms with Crippen LogP contribution in [0.15, 0.2) is 53.0 Å². The maximum Gasteiger partial charge on any atom is 0.325 e. The molecule has 0 unspecified atom stereocenters. The molecule has 2 aromatic rings. The number of esters is 2. The van der Waals surface area contributed by atoms with Crippen molar-refractivity contribution in [2.45, 2.75) is 39.1 Å². The van der Waals surface area contributed by atoms with Gasteiger partial charge in [-0.2, -0.15) is 0 Å². The van der Waals surface area contributed by atoms with Crippen molar-refractivity contribution in [2.75, 3.05) is 0 Å². The molecule has 0 radical (unpaired) electrons. The molecule has 1 aliphatic rings. The molecule has 0 bridgehead atoms. The van der Waals surface area contributed by atoms with Crippen LogP contribution in [0.5, 0.6) is 5.75 Å². The average molecular weight is 457 g/mol. The van der Waals surface area contributed by atoms with Gasteiger partial charge in [0, 0.05) is 18.3 Å². The van der Waals surface area contributed by atoms with Crippen molar-refractivity contribution < 1.29 is 23.8 Å². The number of halogens is 1. The average Bonchev–Trinajstić information content (AvgIpc) is 2.65. The summed E-state index contributed by atoms with van der Waals surface area (Å²) in [6.07, 6.45) is 0. The van der Waals surface area contributed by atoms with Crippen LogP contribution in [-0.4, -0.2) is 17.7 Å².